The monoisotopic (exact) mass is 401 g/mol. The fourth-order valence-corrected chi connectivity index (χ4v) is 3.98. The van der Waals surface area contributed by atoms with E-state index in [-0.39, 0.29) is 28.3 Å². The molecule has 2 amide bonds. The molecule has 9 nitrogen and oxygen atoms in total. The zero-order chi connectivity index (χ0) is 20.4. The second-order valence-electron chi connectivity index (χ2n) is 5.77. The fraction of sp³-hybridized carbons (Fsp3) is 0.167. The topological polar surface area (TPSA) is 130 Å². The van der Waals surface area contributed by atoms with E-state index in [2.05, 4.69) is 0 Å². The number of benzene rings is 2. The molecule has 0 aliphatic carbocycles. The quantitative estimate of drug-likeness (QED) is 0.403. The van der Waals surface area contributed by atoms with Crippen LogP contribution in [0.3, 0.4) is 0 Å². The van der Waals surface area contributed by atoms with E-state index < -0.39 is 33.6 Å². The predicted molar refractivity (Wildman–Crippen MR) is 97.2 cm³/mol. The Morgan fingerprint density at radius 2 is 1.96 bits per heavy atom. The maximum absolute atomic E-state index is 12.8. The molecule has 1 heterocycles. The molecule has 2 aromatic rings. The Morgan fingerprint density at radius 3 is 2.61 bits per heavy atom. The maximum atomic E-state index is 12.8. The zero-order valence-corrected chi connectivity index (χ0v) is 15.3. The van der Waals surface area contributed by atoms with Crippen molar-refractivity contribution in [3.05, 3.63) is 58.1 Å². The van der Waals surface area contributed by atoms with Gasteiger partial charge < -0.3 is 14.6 Å². The molecular weight excluding hydrogens is 388 g/mol. The van der Waals surface area contributed by atoms with Crippen LogP contribution in [0.15, 0.2) is 47.4 Å². The highest BCUT2D eigenvalue weighted by atomic mass is 32.2. The molecule has 0 N–H and O–H groups in total. The van der Waals surface area contributed by atoms with Crippen molar-refractivity contribution < 1.29 is 29.2 Å². The summed E-state index contributed by atoms with van der Waals surface area (Å²) >= 11 is 0.911. The molecule has 1 aliphatic rings. The first-order valence-electron chi connectivity index (χ1n) is 7.99. The van der Waals surface area contributed by atoms with Crippen LogP contribution in [0.4, 0.5) is 11.4 Å². The van der Waals surface area contributed by atoms with Crippen molar-refractivity contribution >= 4 is 40.9 Å². The van der Waals surface area contributed by atoms with Gasteiger partial charge in [0.1, 0.15) is 11.4 Å². The molecule has 0 unspecified atom stereocenters. The summed E-state index contributed by atoms with van der Waals surface area (Å²) in [5.41, 5.74) is -0.694. The lowest BCUT2D eigenvalue weighted by Gasteiger charge is -2.16. The van der Waals surface area contributed by atoms with Crippen LogP contribution in [0.2, 0.25) is 0 Å². The first kappa shape index (κ1) is 19.4. The second-order valence-corrected chi connectivity index (χ2v) is 7.02. The number of aromatic carboxylic acids is 1. The van der Waals surface area contributed by atoms with Gasteiger partial charge in [-0.2, -0.15) is 0 Å². The average Bonchev–Trinajstić information content (AvgIpc) is 2.94. The van der Waals surface area contributed by atoms with Crippen molar-refractivity contribution in [2.45, 2.75) is 16.6 Å². The first-order chi connectivity index (χ1) is 13.3. The number of imide groups is 1. The molecule has 1 fully saturated rings. The summed E-state index contributed by atoms with van der Waals surface area (Å²) in [6.07, 6.45) is -0.214. The highest BCUT2D eigenvalue weighted by molar-refractivity contribution is 8.00. The number of nitro groups is 1. The number of amides is 2. The Bertz CT molecular complexity index is 992. The van der Waals surface area contributed by atoms with Gasteiger partial charge in [0.15, 0.2) is 0 Å². The van der Waals surface area contributed by atoms with Crippen molar-refractivity contribution in [1.82, 2.24) is 0 Å². The Balaban J connectivity index is 1.93. The number of nitro benzene ring substituents is 1. The number of carbonyl (C=O) groups excluding carboxylic acids is 3. The van der Waals surface area contributed by atoms with E-state index in [1.54, 1.807) is 6.07 Å². The third-order valence-corrected chi connectivity index (χ3v) is 5.36. The first-order valence-corrected chi connectivity index (χ1v) is 8.87. The number of nitrogens with zero attached hydrogens (tertiary/aromatic N) is 2. The van der Waals surface area contributed by atoms with Gasteiger partial charge in [0.2, 0.25) is 11.8 Å². The van der Waals surface area contributed by atoms with Crippen molar-refractivity contribution in [2.24, 2.45) is 0 Å². The van der Waals surface area contributed by atoms with Crippen LogP contribution in [0, 0.1) is 10.1 Å². The molecule has 144 valence electrons. The van der Waals surface area contributed by atoms with Crippen LogP contribution in [0.5, 0.6) is 5.75 Å². The lowest BCUT2D eigenvalue weighted by Crippen LogP contribution is -2.31. The van der Waals surface area contributed by atoms with Gasteiger partial charge in [0, 0.05) is 16.9 Å². The summed E-state index contributed by atoms with van der Waals surface area (Å²) in [7, 11) is 1.34. The van der Waals surface area contributed by atoms with Gasteiger partial charge in [-0.1, -0.05) is 18.2 Å². The van der Waals surface area contributed by atoms with E-state index >= 15 is 0 Å². The number of rotatable bonds is 6. The number of carbonyl (C=O) groups is 3. The normalized spacial score (nSPS) is 16.3. The van der Waals surface area contributed by atoms with Gasteiger partial charge in [-0.25, -0.2) is 4.90 Å². The molecule has 0 aromatic heterocycles. The van der Waals surface area contributed by atoms with Crippen LogP contribution in [-0.2, 0) is 9.59 Å². The lowest BCUT2D eigenvalue weighted by atomic mass is 10.2. The third-order valence-electron chi connectivity index (χ3n) is 4.10. The molecule has 1 saturated heterocycles. The molecule has 2 aromatic carbocycles. The Morgan fingerprint density at radius 1 is 1.25 bits per heavy atom. The summed E-state index contributed by atoms with van der Waals surface area (Å²) in [6, 6.07) is 9.77. The average molecular weight is 401 g/mol. The predicted octanol–water partition coefficient (Wildman–Crippen LogP) is 1.39. The van der Waals surface area contributed by atoms with Crippen LogP contribution in [0.25, 0.3) is 0 Å². The highest BCUT2D eigenvalue weighted by Gasteiger charge is 2.43. The SMILES string of the molecule is COc1ccc(N2C(=O)C[C@H](Sc3ccccc3C(=O)[O-])C2=O)c([N+](=O)[O-])c1. The number of hydrogen-bond donors (Lipinski definition) is 0. The van der Waals surface area contributed by atoms with E-state index in [1.807, 2.05) is 0 Å². The molecule has 0 spiro atoms. The Labute approximate surface area is 163 Å². The van der Waals surface area contributed by atoms with Gasteiger partial charge in [-0.3, -0.25) is 19.7 Å². The third kappa shape index (κ3) is 3.54. The van der Waals surface area contributed by atoms with Crippen molar-refractivity contribution in [2.75, 3.05) is 12.0 Å². The number of carboxylic acids is 1. The zero-order valence-electron chi connectivity index (χ0n) is 14.5. The smallest absolute Gasteiger partial charge is 0.297 e. The van der Waals surface area contributed by atoms with Gasteiger partial charge in [0.05, 0.1) is 29.3 Å². The van der Waals surface area contributed by atoms with E-state index in [4.69, 9.17) is 4.74 Å². The van der Waals surface area contributed by atoms with E-state index in [9.17, 15) is 29.6 Å². The lowest BCUT2D eigenvalue weighted by molar-refractivity contribution is -0.384. The summed E-state index contributed by atoms with van der Waals surface area (Å²) in [4.78, 5) is 48.2. The van der Waals surface area contributed by atoms with Crippen LogP contribution in [-0.4, -0.2) is 35.1 Å². The number of hydrogen-bond acceptors (Lipinski definition) is 8. The van der Waals surface area contributed by atoms with Gasteiger partial charge in [0.25, 0.3) is 5.69 Å². The molecule has 3 rings (SSSR count). The van der Waals surface area contributed by atoms with E-state index in [1.165, 1.54) is 37.4 Å². The van der Waals surface area contributed by atoms with Gasteiger partial charge in [-0.05, 0) is 18.2 Å². The summed E-state index contributed by atoms with van der Waals surface area (Å²) in [5, 5.41) is 21.7. The Hall–Kier alpha value is -3.40. The summed E-state index contributed by atoms with van der Waals surface area (Å²) in [5.74, 6) is -2.45. The summed E-state index contributed by atoms with van der Waals surface area (Å²) < 4.78 is 4.95. The number of ether oxygens (including phenoxy) is 1. The van der Waals surface area contributed by atoms with Crippen LogP contribution >= 0.6 is 11.8 Å². The van der Waals surface area contributed by atoms with Crippen LogP contribution < -0.4 is 14.7 Å². The molecule has 1 aliphatic heterocycles. The summed E-state index contributed by atoms with van der Waals surface area (Å²) in [6.45, 7) is 0. The number of thioether (sulfide) groups is 1. The van der Waals surface area contributed by atoms with Crippen molar-refractivity contribution in [3.8, 4) is 5.75 Å². The van der Waals surface area contributed by atoms with Crippen molar-refractivity contribution in [1.29, 1.82) is 0 Å². The van der Waals surface area contributed by atoms with Crippen LogP contribution in [0.1, 0.15) is 16.8 Å². The molecule has 0 saturated carbocycles. The molecule has 0 radical (unpaired) electrons. The number of methoxy groups -OCH3 is 1. The highest BCUT2D eigenvalue weighted by Crippen LogP contribution is 2.39. The number of carboxylic acid groups (broad SMARTS) is 1. The second kappa shape index (κ2) is 7.69. The van der Waals surface area contributed by atoms with E-state index in [0.717, 1.165) is 22.7 Å². The molecular formula is C18H13N2O7S-. The fourth-order valence-electron chi connectivity index (χ4n) is 2.81. The molecule has 0 bridgehead atoms. The number of anilines is 1. The molecule has 1 atom stereocenters. The standard InChI is InChI=1S/C18H14N2O7S/c1-27-10-6-7-12(13(8-10)20(25)26)19-16(21)9-15(17(19)22)28-14-5-3-2-4-11(14)18(23)24/h2-8,15H,9H2,1H3,(H,23,24)/p-1/t15-/m0/s1. The Kier molecular flexibility index (Phi) is 5.32. The largest absolute Gasteiger partial charge is 0.545 e. The maximum Gasteiger partial charge on any atom is 0.297 e. The minimum atomic E-state index is -1.40. The molecule has 10 heteroatoms. The minimum Gasteiger partial charge on any atom is -0.545 e. The van der Waals surface area contributed by atoms with Crippen molar-refractivity contribution in [3.63, 3.8) is 0 Å². The van der Waals surface area contributed by atoms with Gasteiger partial charge >= 0.3 is 0 Å². The molecule has 28 heavy (non-hydrogen) atoms. The minimum absolute atomic E-state index is 0.0957. The van der Waals surface area contributed by atoms with Gasteiger partial charge in [-0.15, -0.1) is 11.8 Å². The van der Waals surface area contributed by atoms with E-state index in [0.29, 0.717) is 0 Å².